The molecule has 3 rings (SSSR count). The third-order valence-corrected chi connectivity index (χ3v) is 3.98. The molecule has 0 radical (unpaired) electrons. The van der Waals surface area contributed by atoms with Crippen LogP contribution >= 0.6 is 0 Å². The van der Waals surface area contributed by atoms with E-state index in [0.717, 1.165) is 0 Å². The summed E-state index contributed by atoms with van der Waals surface area (Å²) in [5.41, 5.74) is 1.25. The Hall–Kier alpha value is -3.15. The molecule has 0 aliphatic carbocycles. The quantitative estimate of drug-likeness (QED) is 0.712. The molecule has 6 heteroatoms. The van der Waals surface area contributed by atoms with Crippen LogP contribution in [0.25, 0.3) is 11.0 Å². The highest BCUT2D eigenvalue weighted by molar-refractivity contribution is 5.91. The highest BCUT2D eigenvalue weighted by atomic mass is 19.1. The molecule has 0 aliphatic rings. The summed E-state index contributed by atoms with van der Waals surface area (Å²) >= 11 is 0. The van der Waals surface area contributed by atoms with E-state index < -0.39 is 11.4 Å². The first-order valence-corrected chi connectivity index (χ1v) is 7.75. The zero-order valence-corrected chi connectivity index (χ0v) is 13.5. The Kier molecular flexibility index (Phi) is 4.52. The van der Waals surface area contributed by atoms with Crippen molar-refractivity contribution in [1.82, 2.24) is 0 Å². The normalized spacial score (nSPS) is 10.8. The number of rotatable bonds is 4. The number of amides is 1. The lowest BCUT2D eigenvalue weighted by Gasteiger charge is -2.08. The summed E-state index contributed by atoms with van der Waals surface area (Å²) in [6, 6.07) is 10.2. The minimum absolute atomic E-state index is 0.0114. The zero-order valence-electron chi connectivity index (χ0n) is 13.5. The van der Waals surface area contributed by atoms with Crippen LogP contribution in [0.4, 0.5) is 10.1 Å². The number of benzene rings is 2. The summed E-state index contributed by atoms with van der Waals surface area (Å²) in [7, 11) is 0. The third-order valence-electron chi connectivity index (χ3n) is 3.98. The highest BCUT2D eigenvalue weighted by Gasteiger charge is 2.13. The minimum Gasteiger partial charge on any atom is -0.508 e. The number of anilines is 1. The molecular weight excluding hydrogens is 325 g/mol. The van der Waals surface area contributed by atoms with Gasteiger partial charge in [0.25, 0.3) is 0 Å². The molecule has 0 bridgehead atoms. The van der Waals surface area contributed by atoms with Crippen molar-refractivity contribution < 1.29 is 18.7 Å². The summed E-state index contributed by atoms with van der Waals surface area (Å²) in [5, 5.41) is 12.8. The maximum atomic E-state index is 13.1. The van der Waals surface area contributed by atoms with Gasteiger partial charge < -0.3 is 14.8 Å². The number of nitrogens with one attached hydrogen (secondary N) is 1. The molecule has 25 heavy (non-hydrogen) atoms. The Balaban J connectivity index is 1.78. The van der Waals surface area contributed by atoms with Crippen molar-refractivity contribution in [3.8, 4) is 5.75 Å². The molecule has 3 aromatic rings. The van der Waals surface area contributed by atoms with Crippen molar-refractivity contribution in [2.24, 2.45) is 0 Å². The minimum atomic E-state index is -0.533. The molecule has 2 N–H and O–H groups in total. The van der Waals surface area contributed by atoms with E-state index in [0.29, 0.717) is 27.8 Å². The van der Waals surface area contributed by atoms with Gasteiger partial charge in [0.15, 0.2) is 0 Å². The van der Waals surface area contributed by atoms with Crippen molar-refractivity contribution in [1.29, 1.82) is 0 Å². The Morgan fingerprint density at radius 2 is 2.04 bits per heavy atom. The molecule has 1 heterocycles. The summed E-state index contributed by atoms with van der Waals surface area (Å²) < 4.78 is 18.4. The predicted molar refractivity (Wildman–Crippen MR) is 92.2 cm³/mol. The molecule has 0 unspecified atom stereocenters. The van der Waals surface area contributed by atoms with Gasteiger partial charge in [-0.05, 0) is 49.2 Å². The fraction of sp³-hybridized carbons (Fsp3) is 0.158. The first kappa shape index (κ1) is 16.7. The van der Waals surface area contributed by atoms with Gasteiger partial charge in [0.05, 0.1) is 0 Å². The molecule has 5 nitrogen and oxygen atoms in total. The maximum Gasteiger partial charge on any atom is 0.339 e. The second kappa shape index (κ2) is 6.76. The van der Waals surface area contributed by atoms with E-state index in [1.165, 1.54) is 30.3 Å². The van der Waals surface area contributed by atoms with E-state index in [9.17, 15) is 19.1 Å². The van der Waals surface area contributed by atoms with Crippen LogP contribution in [0.15, 0.2) is 51.7 Å². The summed E-state index contributed by atoms with van der Waals surface area (Å²) in [6.07, 6.45) is 0.262. The molecule has 1 aromatic heterocycles. The van der Waals surface area contributed by atoms with Gasteiger partial charge in [0, 0.05) is 29.1 Å². The predicted octanol–water partition coefficient (Wildman–Crippen LogP) is 3.52. The molecule has 0 aliphatic heterocycles. The van der Waals surface area contributed by atoms with Gasteiger partial charge in [-0.2, -0.15) is 0 Å². The van der Waals surface area contributed by atoms with Gasteiger partial charge in [0.1, 0.15) is 17.1 Å². The SMILES string of the molecule is Cc1c(CCC(=O)Nc2cccc(F)c2)c(=O)oc2cc(O)ccc12. The van der Waals surface area contributed by atoms with Crippen LogP contribution in [0.2, 0.25) is 0 Å². The monoisotopic (exact) mass is 341 g/mol. The van der Waals surface area contributed by atoms with Crippen molar-refractivity contribution in [3.63, 3.8) is 0 Å². The van der Waals surface area contributed by atoms with Crippen LogP contribution < -0.4 is 10.9 Å². The maximum absolute atomic E-state index is 13.1. The molecular formula is C19H16FNO4. The summed E-state index contributed by atoms with van der Waals surface area (Å²) in [5.74, 6) is -0.750. The first-order valence-electron chi connectivity index (χ1n) is 7.75. The average molecular weight is 341 g/mol. The standard InChI is InChI=1S/C19H16FNO4/c1-11-15-6-5-14(22)10-17(15)25-19(24)16(11)7-8-18(23)21-13-4-2-3-12(20)9-13/h2-6,9-10,22H,7-8H2,1H3,(H,21,23). The van der Waals surface area contributed by atoms with Crippen molar-refractivity contribution in [2.45, 2.75) is 19.8 Å². The molecule has 0 saturated carbocycles. The number of carbonyl (C=O) groups excluding carboxylic acids is 1. The Morgan fingerprint density at radius 3 is 2.80 bits per heavy atom. The largest absolute Gasteiger partial charge is 0.508 e. The van der Waals surface area contributed by atoms with Gasteiger partial charge in [-0.1, -0.05) is 6.07 Å². The number of carbonyl (C=O) groups is 1. The van der Waals surface area contributed by atoms with E-state index >= 15 is 0 Å². The molecule has 1 amide bonds. The molecule has 0 saturated heterocycles. The molecule has 128 valence electrons. The van der Waals surface area contributed by atoms with E-state index in [1.807, 2.05) is 0 Å². The number of aryl methyl sites for hydroxylation is 1. The zero-order chi connectivity index (χ0) is 18.0. The molecule has 0 atom stereocenters. The number of aromatic hydroxyl groups is 1. The first-order chi connectivity index (χ1) is 11.9. The topological polar surface area (TPSA) is 79.5 Å². The lowest BCUT2D eigenvalue weighted by molar-refractivity contribution is -0.116. The van der Waals surface area contributed by atoms with Crippen molar-refractivity contribution >= 4 is 22.6 Å². The lowest BCUT2D eigenvalue weighted by atomic mass is 10.0. The molecule has 2 aromatic carbocycles. The van der Waals surface area contributed by atoms with Gasteiger partial charge in [-0.15, -0.1) is 0 Å². The Bertz CT molecular complexity index is 1010. The summed E-state index contributed by atoms with van der Waals surface area (Å²) in [4.78, 5) is 24.2. The number of halogens is 1. The van der Waals surface area contributed by atoms with Crippen LogP contribution in [0.5, 0.6) is 5.75 Å². The number of hydrogen-bond acceptors (Lipinski definition) is 4. The number of phenolic OH excluding ortho intramolecular Hbond substituents is 1. The second-order valence-electron chi connectivity index (χ2n) is 5.73. The van der Waals surface area contributed by atoms with E-state index in [-0.39, 0.29) is 24.5 Å². The average Bonchev–Trinajstić information content (AvgIpc) is 2.54. The van der Waals surface area contributed by atoms with Gasteiger partial charge in [0.2, 0.25) is 5.91 Å². The van der Waals surface area contributed by atoms with Gasteiger partial charge >= 0.3 is 5.63 Å². The van der Waals surface area contributed by atoms with Crippen LogP contribution in [-0.2, 0) is 11.2 Å². The highest BCUT2D eigenvalue weighted by Crippen LogP contribution is 2.24. The van der Waals surface area contributed by atoms with Crippen LogP contribution in [-0.4, -0.2) is 11.0 Å². The van der Waals surface area contributed by atoms with E-state index in [4.69, 9.17) is 4.42 Å². The van der Waals surface area contributed by atoms with Crippen molar-refractivity contribution in [2.75, 3.05) is 5.32 Å². The fourth-order valence-electron chi connectivity index (χ4n) is 2.70. The molecule has 0 fully saturated rings. The van der Waals surface area contributed by atoms with E-state index in [1.54, 1.807) is 19.1 Å². The number of phenols is 1. The summed E-state index contributed by atoms with van der Waals surface area (Å²) in [6.45, 7) is 1.77. The third kappa shape index (κ3) is 3.68. The van der Waals surface area contributed by atoms with E-state index in [2.05, 4.69) is 5.32 Å². The smallest absolute Gasteiger partial charge is 0.339 e. The second-order valence-corrected chi connectivity index (χ2v) is 5.73. The number of fused-ring (bicyclic) bond motifs is 1. The van der Waals surface area contributed by atoms with Gasteiger partial charge in [-0.25, -0.2) is 9.18 Å². The molecule has 0 spiro atoms. The number of hydrogen-bond donors (Lipinski definition) is 2. The van der Waals surface area contributed by atoms with Crippen molar-refractivity contribution in [3.05, 3.63) is 69.8 Å². The van der Waals surface area contributed by atoms with Crippen LogP contribution in [0, 0.1) is 12.7 Å². The lowest BCUT2D eigenvalue weighted by Crippen LogP contribution is -2.16. The fourth-order valence-corrected chi connectivity index (χ4v) is 2.70. The Labute approximate surface area is 142 Å². The van der Waals surface area contributed by atoms with Gasteiger partial charge in [-0.3, -0.25) is 4.79 Å². The van der Waals surface area contributed by atoms with Crippen LogP contribution in [0.1, 0.15) is 17.5 Å². The van der Waals surface area contributed by atoms with Crippen LogP contribution in [0.3, 0.4) is 0 Å². The Morgan fingerprint density at radius 1 is 1.24 bits per heavy atom.